The van der Waals surface area contributed by atoms with Crippen LogP contribution in [0, 0.1) is 11.8 Å². The SMILES string of the molecule is CC1CCCC(C(=O)CCOCCOCC[N+](C)(C)C)C1. The van der Waals surface area contributed by atoms with E-state index in [2.05, 4.69) is 28.1 Å². The second-order valence-corrected chi connectivity index (χ2v) is 7.42. The maximum Gasteiger partial charge on any atom is 0.138 e. The zero-order chi connectivity index (χ0) is 15.7. The monoisotopic (exact) mass is 300 g/mol. The summed E-state index contributed by atoms with van der Waals surface area (Å²) < 4.78 is 11.9. The number of ketones is 1. The van der Waals surface area contributed by atoms with E-state index in [9.17, 15) is 4.79 Å². The highest BCUT2D eigenvalue weighted by Gasteiger charge is 2.24. The molecule has 124 valence electrons. The number of likely N-dealkylation sites (N-methyl/N-ethyl adjacent to an activating group) is 1. The Morgan fingerprint density at radius 1 is 1.05 bits per heavy atom. The molecule has 0 aromatic heterocycles. The van der Waals surface area contributed by atoms with Crippen molar-refractivity contribution in [1.82, 2.24) is 0 Å². The van der Waals surface area contributed by atoms with E-state index in [0.717, 1.165) is 30.5 Å². The van der Waals surface area contributed by atoms with Crippen molar-refractivity contribution in [1.29, 1.82) is 0 Å². The summed E-state index contributed by atoms with van der Waals surface area (Å²) in [6.45, 7) is 5.76. The van der Waals surface area contributed by atoms with Gasteiger partial charge >= 0.3 is 0 Å². The average Bonchev–Trinajstić information content (AvgIpc) is 2.40. The van der Waals surface area contributed by atoms with Crippen molar-refractivity contribution in [3.8, 4) is 0 Å². The lowest BCUT2D eigenvalue weighted by molar-refractivity contribution is -0.870. The number of hydrogen-bond donors (Lipinski definition) is 0. The number of carbonyl (C=O) groups is 1. The first kappa shape index (κ1) is 18.6. The van der Waals surface area contributed by atoms with Crippen molar-refractivity contribution in [3.05, 3.63) is 0 Å². The average molecular weight is 300 g/mol. The zero-order valence-corrected chi connectivity index (χ0v) is 14.4. The van der Waals surface area contributed by atoms with Crippen LogP contribution in [-0.4, -0.2) is 64.4 Å². The maximum atomic E-state index is 12.1. The molecule has 1 rings (SSSR count). The Morgan fingerprint density at radius 2 is 1.71 bits per heavy atom. The van der Waals surface area contributed by atoms with Crippen LogP contribution in [0.4, 0.5) is 0 Å². The fourth-order valence-electron chi connectivity index (χ4n) is 2.76. The molecule has 0 radical (unpaired) electrons. The van der Waals surface area contributed by atoms with Gasteiger partial charge in [-0.25, -0.2) is 0 Å². The van der Waals surface area contributed by atoms with Crippen LogP contribution < -0.4 is 0 Å². The normalized spacial score (nSPS) is 23.2. The number of ether oxygens (including phenoxy) is 2. The van der Waals surface area contributed by atoms with E-state index in [0.29, 0.717) is 37.9 Å². The van der Waals surface area contributed by atoms with E-state index in [1.54, 1.807) is 0 Å². The number of carbonyl (C=O) groups excluding carboxylic acids is 1. The van der Waals surface area contributed by atoms with Gasteiger partial charge in [-0.3, -0.25) is 4.79 Å². The summed E-state index contributed by atoms with van der Waals surface area (Å²) >= 11 is 0. The van der Waals surface area contributed by atoms with Crippen LogP contribution in [0.25, 0.3) is 0 Å². The number of quaternary nitrogens is 1. The largest absolute Gasteiger partial charge is 0.379 e. The minimum atomic E-state index is 0.290. The summed E-state index contributed by atoms with van der Waals surface area (Å²) in [5, 5.41) is 0. The van der Waals surface area contributed by atoms with E-state index in [4.69, 9.17) is 9.47 Å². The minimum Gasteiger partial charge on any atom is -0.379 e. The summed E-state index contributed by atoms with van der Waals surface area (Å²) in [7, 11) is 6.45. The van der Waals surface area contributed by atoms with E-state index in [-0.39, 0.29) is 5.92 Å². The molecule has 1 fully saturated rings. The van der Waals surface area contributed by atoms with Gasteiger partial charge in [0.2, 0.25) is 0 Å². The van der Waals surface area contributed by atoms with E-state index in [1.807, 2.05) is 0 Å². The summed E-state index contributed by atoms with van der Waals surface area (Å²) in [6, 6.07) is 0. The van der Waals surface area contributed by atoms with Gasteiger partial charge in [0.1, 0.15) is 12.3 Å². The van der Waals surface area contributed by atoms with Crippen LogP contribution in [0.2, 0.25) is 0 Å². The lowest BCUT2D eigenvalue weighted by Crippen LogP contribution is -2.37. The molecule has 21 heavy (non-hydrogen) atoms. The molecule has 0 aromatic carbocycles. The van der Waals surface area contributed by atoms with Gasteiger partial charge in [0.05, 0.1) is 47.6 Å². The van der Waals surface area contributed by atoms with Gasteiger partial charge in [-0.15, -0.1) is 0 Å². The third-order valence-corrected chi connectivity index (χ3v) is 4.16. The summed E-state index contributed by atoms with van der Waals surface area (Å²) in [4.78, 5) is 12.1. The first-order valence-corrected chi connectivity index (χ1v) is 8.37. The molecule has 0 aliphatic heterocycles. The number of hydrogen-bond acceptors (Lipinski definition) is 3. The highest BCUT2D eigenvalue weighted by molar-refractivity contribution is 5.81. The molecule has 0 heterocycles. The fourth-order valence-corrected chi connectivity index (χ4v) is 2.76. The van der Waals surface area contributed by atoms with Crippen molar-refractivity contribution >= 4 is 5.78 Å². The molecule has 1 saturated carbocycles. The molecule has 0 spiro atoms. The number of nitrogens with zero attached hydrogens (tertiary/aromatic N) is 1. The molecular weight excluding hydrogens is 266 g/mol. The molecule has 0 bridgehead atoms. The van der Waals surface area contributed by atoms with Gasteiger partial charge in [-0.05, 0) is 18.8 Å². The Balaban J connectivity index is 1.95. The van der Waals surface area contributed by atoms with Crippen molar-refractivity contribution < 1.29 is 18.8 Å². The Labute approximate surface area is 130 Å². The lowest BCUT2D eigenvalue weighted by Gasteiger charge is -2.25. The van der Waals surface area contributed by atoms with Crippen LogP contribution >= 0.6 is 0 Å². The first-order valence-electron chi connectivity index (χ1n) is 8.37. The fraction of sp³-hybridized carbons (Fsp3) is 0.941. The summed E-state index contributed by atoms with van der Waals surface area (Å²) in [5.41, 5.74) is 0. The molecule has 0 N–H and O–H groups in total. The van der Waals surface area contributed by atoms with Crippen LogP contribution in [0.1, 0.15) is 39.0 Å². The highest BCUT2D eigenvalue weighted by Crippen LogP contribution is 2.29. The molecule has 1 aliphatic carbocycles. The van der Waals surface area contributed by atoms with Crippen molar-refractivity contribution in [3.63, 3.8) is 0 Å². The molecule has 2 atom stereocenters. The molecule has 4 nitrogen and oxygen atoms in total. The van der Waals surface area contributed by atoms with Gasteiger partial charge in [0.25, 0.3) is 0 Å². The molecule has 4 heteroatoms. The Bertz CT molecular complexity index is 299. The van der Waals surface area contributed by atoms with E-state index in [1.165, 1.54) is 12.8 Å². The van der Waals surface area contributed by atoms with E-state index >= 15 is 0 Å². The number of Topliss-reactive ketones (excluding diaryl/α,β-unsaturated/α-hetero) is 1. The molecule has 2 unspecified atom stereocenters. The summed E-state index contributed by atoms with van der Waals surface area (Å²) in [5.74, 6) is 1.40. The Morgan fingerprint density at radius 3 is 2.33 bits per heavy atom. The van der Waals surface area contributed by atoms with Crippen LogP contribution in [0.15, 0.2) is 0 Å². The second kappa shape index (κ2) is 9.54. The Hall–Kier alpha value is -0.450. The minimum absolute atomic E-state index is 0.290. The second-order valence-electron chi connectivity index (χ2n) is 7.42. The molecule has 1 aliphatic rings. The van der Waals surface area contributed by atoms with Crippen molar-refractivity contribution in [2.24, 2.45) is 11.8 Å². The van der Waals surface area contributed by atoms with Crippen LogP contribution in [-0.2, 0) is 14.3 Å². The van der Waals surface area contributed by atoms with Gasteiger partial charge < -0.3 is 14.0 Å². The third-order valence-electron chi connectivity index (χ3n) is 4.16. The van der Waals surface area contributed by atoms with Gasteiger partial charge in [0, 0.05) is 12.3 Å². The predicted octanol–water partition coefficient (Wildman–Crippen LogP) is 2.51. The van der Waals surface area contributed by atoms with Gasteiger partial charge in [0.15, 0.2) is 0 Å². The Kier molecular flexibility index (Phi) is 8.45. The molecule has 0 aromatic rings. The summed E-state index contributed by atoms with van der Waals surface area (Å²) in [6.07, 6.45) is 5.21. The van der Waals surface area contributed by atoms with Crippen LogP contribution in [0.3, 0.4) is 0 Å². The highest BCUT2D eigenvalue weighted by atomic mass is 16.5. The molecule has 0 amide bonds. The van der Waals surface area contributed by atoms with Gasteiger partial charge in [-0.1, -0.05) is 19.8 Å². The third kappa shape index (κ3) is 9.22. The molecule has 0 saturated heterocycles. The predicted molar refractivity (Wildman–Crippen MR) is 85.3 cm³/mol. The smallest absolute Gasteiger partial charge is 0.138 e. The van der Waals surface area contributed by atoms with Crippen LogP contribution in [0.5, 0.6) is 0 Å². The van der Waals surface area contributed by atoms with Gasteiger partial charge in [-0.2, -0.15) is 0 Å². The van der Waals surface area contributed by atoms with Crippen molar-refractivity contribution in [2.45, 2.75) is 39.0 Å². The standard InChI is InChI=1S/C17H34NO3/c1-15-6-5-7-16(14-15)17(19)8-10-20-12-13-21-11-9-18(2,3)4/h15-16H,5-14H2,1-4H3/q+1. The first-order chi connectivity index (χ1) is 9.88. The maximum absolute atomic E-state index is 12.1. The lowest BCUT2D eigenvalue weighted by atomic mass is 9.80. The van der Waals surface area contributed by atoms with E-state index < -0.39 is 0 Å². The molecular formula is C17H34NO3+. The topological polar surface area (TPSA) is 35.5 Å². The quantitative estimate of drug-likeness (QED) is 0.459. The number of rotatable bonds is 10. The van der Waals surface area contributed by atoms with Crippen molar-refractivity contribution in [2.75, 3.05) is 54.1 Å². The zero-order valence-electron chi connectivity index (χ0n) is 14.4.